The summed E-state index contributed by atoms with van der Waals surface area (Å²) >= 11 is 0. The van der Waals surface area contributed by atoms with Gasteiger partial charge in [0.2, 0.25) is 0 Å². The molecule has 0 heterocycles. The lowest BCUT2D eigenvalue weighted by atomic mass is 9.97. The van der Waals surface area contributed by atoms with E-state index in [0.717, 1.165) is 23.1 Å². The second-order valence-corrected chi connectivity index (χ2v) is 11.0. The maximum absolute atomic E-state index is 12.2. The zero-order chi connectivity index (χ0) is 29.1. The topological polar surface area (TPSA) is 103 Å². The Morgan fingerprint density at radius 3 is 1.32 bits per heavy atom. The van der Waals surface area contributed by atoms with Crippen molar-refractivity contribution in [3.63, 3.8) is 0 Å². The number of hydrogen-bond acceptors (Lipinski definition) is 6. The highest BCUT2D eigenvalue weighted by Gasteiger charge is 2.22. The van der Waals surface area contributed by atoms with E-state index in [1.165, 1.54) is 5.56 Å². The first-order chi connectivity index (χ1) is 19.0. The van der Waals surface area contributed by atoms with Gasteiger partial charge >= 0.3 is 18.2 Å². The molecule has 0 saturated carbocycles. The van der Waals surface area contributed by atoms with Crippen molar-refractivity contribution in [3.8, 4) is 0 Å². The van der Waals surface area contributed by atoms with Gasteiger partial charge in [-0.1, -0.05) is 62.4 Å². The number of rotatable bonds is 10. The van der Waals surface area contributed by atoms with Crippen LogP contribution in [0.15, 0.2) is 72.8 Å². The van der Waals surface area contributed by atoms with Crippen LogP contribution in [0, 0.1) is 11.3 Å². The van der Waals surface area contributed by atoms with E-state index < -0.39 is 17.6 Å². The Labute approximate surface area is 236 Å². The quantitative estimate of drug-likeness (QED) is 0.202. The predicted molar refractivity (Wildman–Crippen MR) is 155 cm³/mol. The molecule has 2 N–H and O–H groups in total. The molecule has 0 saturated heterocycles. The van der Waals surface area contributed by atoms with Gasteiger partial charge in [0.25, 0.3) is 0 Å². The van der Waals surface area contributed by atoms with E-state index in [-0.39, 0.29) is 25.8 Å². The molecule has 0 aliphatic carbocycles. The maximum atomic E-state index is 12.2. The van der Waals surface area contributed by atoms with Crippen LogP contribution in [-0.2, 0) is 45.2 Å². The Morgan fingerprint density at radius 1 is 0.600 bits per heavy atom. The van der Waals surface area contributed by atoms with E-state index in [0.29, 0.717) is 17.3 Å². The normalized spacial score (nSPS) is 11.1. The number of carbonyl (C=O) groups is 3. The predicted octanol–water partition coefficient (Wildman–Crippen LogP) is 7.47. The Morgan fingerprint density at radius 2 is 0.950 bits per heavy atom. The van der Waals surface area contributed by atoms with E-state index >= 15 is 0 Å². The summed E-state index contributed by atoms with van der Waals surface area (Å²) in [6.07, 6.45) is -0.136. The first-order valence-corrected chi connectivity index (χ1v) is 13.3. The van der Waals surface area contributed by atoms with Gasteiger partial charge in [-0.25, -0.2) is 9.59 Å². The maximum Gasteiger partial charge on any atom is 0.411 e. The lowest BCUT2D eigenvalue weighted by molar-refractivity contribution is -0.154. The first kappa shape index (κ1) is 30.2. The third kappa shape index (κ3) is 10.4. The van der Waals surface area contributed by atoms with Crippen LogP contribution >= 0.6 is 0 Å². The molecule has 3 aromatic rings. The largest absolute Gasteiger partial charge is 0.460 e. The fourth-order valence-corrected chi connectivity index (χ4v) is 3.58. The Bertz CT molecular complexity index is 1260. The molecule has 40 heavy (non-hydrogen) atoms. The van der Waals surface area contributed by atoms with Crippen molar-refractivity contribution < 1.29 is 28.6 Å². The van der Waals surface area contributed by atoms with Crippen molar-refractivity contribution in [2.24, 2.45) is 11.3 Å². The highest BCUT2D eigenvalue weighted by molar-refractivity contribution is 5.85. The number of carbonyl (C=O) groups excluding carboxylic acids is 3. The molecular weight excluding hydrogens is 508 g/mol. The molecule has 0 aromatic heterocycles. The molecule has 8 heteroatoms. The lowest BCUT2D eigenvalue weighted by Crippen LogP contribution is -2.22. The van der Waals surface area contributed by atoms with Crippen LogP contribution in [0.3, 0.4) is 0 Å². The average Bonchev–Trinajstić information content (AvgIpc) is 2.91. The second-order valence-electron chi connectivity index (χ2n) is 11.0. The molecular formula is C32H38N2O6. The Hall–Kier alpha value is -4.33. The zero-order valence-corrected chi connectivity index (χ0v) is 23.8. The van der Waals surface area contributed by atoms with E-state index in [2.05, 4.69) is 36.6 Å². The van der Waals surface area contributed by atoms with Crippen LogP contribution in [0.1, 0.15) is 56.9 Å². The minimum atomic E-state index is -0.602. The molecule has 0 fully saturated rings. The van der Waals surface area contributed by atoms with Crippen LogP contribution in [-0.4, -0.2) is 18.2 Å². The van der Waals surface area contributed by atoms with Crippen molar-refractivity contribution in [3.05, 3.63) is 95.1 Å². The van der Waals surface area contributed by atoms with E-state index in [9.17, 15) is 14.4 Å². The van der Waals surface area contributed by atoms with Gasteiger partial charge in [-0.3, -0.25) is 15.4 Å². The lowest BCUT2D eigenvalue weighted by Gasteiger charge is -2.16. The van der Waals surface area contributed by atoms with Gasteiger partial charge in [0, 0.05) is 11.4 Å². The number of hydrogen-bond donors (Lipinski definition) is 2. The van der Waals surface area contributed by atoms with Gasteiger partial charge in [0.15, 0.2) is 0 Å². The highest BCUT2D eigenvalue weighted by Crippen LogP contribution is 2.18. The molecule has 0 aliphatic heterocycles. The van der Waals surface area contributed by atoms with Gasteiger partial charge in [-0.2, -0.15) is 0 Å². The van der Waals surface area contributed by atoms with Crippen molar-refractivity contribution in [1.29, 1.82) is 0 Å². The number of benzene rings is 3. The standard InChI is InChI=1S/C32H38N2O6/c1-22(2)18-23-6-8-24(9-7-23)20-39-30(36)34-28-16-12-26(13-17-28)21-40-31(37)33-27-14-10-25(11-15-27)19-38-29(35)32(3,4)5/h6-17,22H,18-21H2,1-5H3,(H,33,37)(H,34,36). The van der Waals surface area contributed by atoms with Crippen LogP contribution in [0.2, 0.25) is 0 Å². The fourth-order valence-electron chi connectivity index (χ4n) is 3.58. The zero-order valence-electron chi connectivity index (χ0n) is 23.8. The molecule has 2 amide bonds. The third-order valence-corrected chi connectivity index (χ3v) is 5.79. The van der Waals surface area contributed by atoms with Crippen molar-refractivity contribution in [1.82, 2.24) is 0 Å². The van der Waals surface area contributed by atoms with Gasteiger partial charge in [0.1, 0.15) is 19.8 Å². The molecule has 0 radical (unpaired) electrons. The molecule has 0 unspecified atom stereocenters. The minimum absolute atomic E-state index is 0.0597. The summed E-state index contributed by atoms with van der Waals surface area (Å²) in [6.45, 7) is 10.2. The molecule has 0 bridgehead atoms. The summed E-state index contributed by atoms with van der Waals surface area (Å²) in [5, 5.41) is 5.35. The monoisotopic (exact) mass is 546 g/mol. The van der Waals surface area contributed by atoms with Gasteiger partial charge in [0.05, 0.1) is 5.41 Å². The van der Waals surface area contributed by atoms with Crippen LogP contribution in [0.25, 0.3) is 0 Å². The number of amides is 2. The fraction of sp³-hybridized carbons (Fsp3) is 0.344. The smallest absolute Gasteiger partial charge is 0.411 e. The molecule has 212 valence electrons. The second kappa shape index (κ2) is 14.2. The van der Waals surface area contributed by atoms with E-state index in [4.69, 9.17) is 14.2 Å². The molecule has 8 nitrogen and oxygen atoms in total. The SMILES string of the molecule is CC(C)Cc1ccc(COC(=O)Nc2ccc(COC(=O)Nc3ccc(COC(=O)C(C)(C)C)cc3)cc2)cc1. The molecule has 0 atom stereocenters. The van der Waals surface area contributed by atoms with Gasteiger partial charge in [-0.15, -0.1) is 0 Å². The molecule has 3 aromatic carbocycles. The summed E-state index contributed by atoms with van der Waals surface area (Å²) in [5.74, 6) is 0.312. The highest BCUT2D eigenvalue weighted by atomic mass is 16.6. The Balaban J connectivity index is 1.37. The van der Waals surface area contributed by atoms with E-state index in [1.807, 2.05) is 12.1 Å². The van der Waals surface area contributed by atoms with Crippen LogP contribution in [0.4, 0.5) is 21.0 Å². The van der Waals surface area contributed by atoms with Crippen LogP contribution in [0.5, 0.6) is 0 Å². The molecule has 0 spiro atoms. The molecule has 0 aliphatic rings. The Kier molecular flexibility index (Phi) is 10.7. The van der Waals surface area contributed by atoms with Gasteiger partial charge in [-0.05, 0) is 79.6 Å². The van der Waals surface area contributed by atoms with Gasteiger partial charge < -0.3 is 14.2 Å². The first-order valence-electron chi connectivity index (χ1n) is 13.3. The van der Waals surface area contributed by atoms with Crippen LogP contribution < -0.4 is 10.6 Å². The summed E-state index contributed by atoms with van der Waals surface area (Å²) in [4.78, 5) is 36.2. The molecule has 3 rings (SSSR count). The minimum Gasteiger partial charge on any atom is -0.460 e. The number of ether oxygens (including phenoxy) is 3. The summed E-state index contributed by atoms with van der Waals surface area (Å²) < 4.78 is 15.9. The number of esters is 1. The summed E-state index contributed by atoms with van der Waals surface area (Å²) in [7, 11) is 0. The van der Waals surface area contributed by atoms with E-state index in [1.54, 1.807) is 69.3 Å². The number of anilines is 2. The van der Waals surface area contributed by atoms with Crippen molar-refractivity contribution in [2.45, 2.75) is 60.9 Å². The summed E-state index contributed by atoms with van der Waals surface area (Å²) in [6, 6.07) is 22.0. The van der Waals surface area contributed by atoms with Crippen molar-refractivity contribution >= 4 is 29.5 Å². The number of nitrogens with one attached hydrogen (secondary N) is 2. The van der Waals surface area contributed by atoms with Crippen molar-refractivity contribution in [2.75, 3.05) is 10.6 Å². The summed E-state index contributed by atoms with van der Waals surface area (Å²) in [5.41, 5.74) is 4.31. The third-order valence-electron chi connectivity index (χ3n) is 5.79. The average molecular weight is 547 g/mol.